The summed E-state index contributed by atoms with van der Waals surface area (Å²) in [5.41, 5.74) is 2.75. The first-order chi connectivity index (χ1) is 10.9. The van der Waals surface area contributed by atoms with Crippen molar-refractivity contribution in [1.29, 1.82) is 0 Å². The SMILES string of the molecule is Cc1ccc(NC(=O)NC(=O)C(C)Sc2nccn2C)c(C)c1. The van der Waals surface area contributed by atoms with Crippen molar-refractivity contribution in [1.82, 2.24) is 14.9 Å². The fourth-order valence-electron chi connectivity index (χ4n) is 2.00. The number of rotatable bonds is 4. The number of hydrogen-bond acceptors (Lipinski definition) is 4. The van der Waals surface area contributed by atoms with E-state index in [9.17, 15) is 9.59 Å². The summed E-state index contributed by atoms with van der Waals surface area (Å²) >= 11 is 1.30. The second-order valence-corrected chi connectivity index (χ2v) is 6.65. The summed E-state index contributed by atoms with van der Waals surface area (Å²) in [7, 11) is 1.85. The third-order valence-corrected chi connectivity index (χ3v) is 4.47. The molecule has 1 heterocycles. The maximum absolute atomic E-state index is 12.1. The van der Waals surface area contributed by atoms with Gasteiger partial charge in [0.1, 0.15) is 0 Å². The van der Waals surface area contributed by atoms with Gasteiger partial charge in [-0.15, -0.1) is 0 Å². The van der Waals surface area contributed by atoms with E-state index < -0.39 is 11.3 Å². The Labute approximate surface area is 139 Å². The van der Waals surface area contributed by atoms with Crippen LogP contribution >= 0.6 is 11.8 Å². The quantitative estimate of drug-likeness (QED) is 0.844. The third-order valence-electron chi connectivity index (χ3n) is 3.30. The van der Waals surface area contributed by atoms with Crippen LogP contribution in [0.3, 0.4) is 0 Å². The zero-order valence-electron chi connectivity index (χ0n) is 13.6. The van der Waals surface area contributed by atoms with Crippen LogP contribution in [0.15, 0.2) is 35.7 Å². The highest BCUT2D eigenvalue weighted by atomic mass is 32.2. The Hall–Kier alpha value is -2.28. The number of carbonyl (C=O) groups excluding carboxylic acids is 2. The second kappa shape index (κ2) is 7.32. The minimum Gasteiger partial charge on any atom is -0.329 e. The first-order valence-corrected chi connectivity index (χ1v) is 8.08. The summed E-state index contributed by atoms with van der Waals surface area (Å²) < 4.78 is 1.82. The third kappa shape index (κ3) is 4.59. The van der Waals surface area contributed by atoms with Crippen molar-refractivity contribution in [2.75, 3.05) is 5.32 Å². The van der Waals surface area contributed by atoms with Crippen LogP contribution in [-0.4, -0.2) is 26.7 Å². The van der Waals surface area contributed by atoms with Gasteiger partial charge in [-0.1, -0.05) is 29.5 Å². The Kier molecular flexibility index (Phi) is 5.44. The Morgan fingerprint density at radius 2 is 2.04 bits per heavy atom. The van der Waals surface area contributed by atoms with Gasteiger partial charge < -0.3 is 9.88 Å². The summed E-state index contributed by atoms with van der Waals surface area (Å²) in [6.07, 6.45) is 3.47. The monoisotopic (exact) mass is 332 g/mol. The van der Waals surface area contributed by atoms with Crippen LogP contribution in [0.25, 0.3) is 0 Å². The average Bonchev–Trinajstić information content (AvgIpc) is 2.87. The van der Waals surface area contributed by atoms with Gasteiger partial charge in [-0.05, 0) is 32.4 Å². The number of imide groups is 1. The molecule has 0 bridgehead atoms. The molecule has 0 saturated carbocycles. The molecule has 1 unspecified atom stereocenters. The number of anilines is 1. The van der Waals surface area contributed by atoms with Gasteiger partial charge in [-0.25, -0.2) is 9.78 Å². The van der Waals surface area contributed by atoms with Crippen molar-refractivity contribution in [3.05, 3.63) is 41.7 Å². The van der Waals surface area contributed by atoms with E-state index in [0.717, 1.165) is 16.3 Å². The second-order valence-electron chi connectivity index (χ2n) is 5.34. The number of amides is 3. The van der Waals surface area contributed by atoms with Crippen LogP contribution in [0.4, 0.5) is 10.5 Å². The molecule has 1 atom stereocenters. The topological polar surface area (TPSA) is 76.0 Å². The van der Waals surface area contributed by atoms with E-state index in [-0.39, 0.29) is 5.91 Å². The maximum Gasteiger partial charge on any atom is 0.325 e. The fraction of sp³-hybridized carbons (Fsp3) is 0.312. The molecule has 1 aromatic heterocycles. The Bertz CT molecular complexity index is 727. The van der Waals surface area contributed by atoms with Gasteiger partial charge in [-0.3, -0.25) is 10.1 Å². The largest absolute Gasteiger partial charge is 0.329 e. The van der Waals surface area contributed by atoms with Crippen molar-refractivity contribution < 1.29 is 9.59 Å². The first-order valence-electron chi connectivity index (χ1n) is 7.20. The van der Waals surface area contributed by atoms with E-state index in [4.69, 9.17) is 0 Å². The number of hydrogen-bond donors (Lipinski definition) is 2. The maximum atomic E-state index is 12.1. The minimum atomic E-state index is -0.533. The molecule has 0 aliphatic heterocycles. The molecule has 0 saturated heterocycles. The van der Waals surface area contributed by atoms with Gasteiger partial charge in [0.25, 0.3) is 0 Å². The van der Waals surface area contributed by atoms with Gasteiger partial charge in [0.2, 0.25) is 5.91 Å². The standard InChI is InChI=1S/C16H20N4O2S/c1-10-5-6-13(11(2)9-10)18-15(22)19-14(21)12(3)23-16-17-7-8-20(16)4/h5-9,12H,1-4H3,(H2,18,19,21,22). The molecule has 2 aromatic rings. The molecule has 2 N–H and O–H groups in total. The Balaban J connectivity index is 1.91. The highest BCUT2D eigenvalue weighted by molar-refractivity contribution is 8.00. The van der Waals surface area contributed by atoms with E-state index in [2.05, 4.69) is 15.6 Å². The number of benzene rings is 1. The molecule has 0 fully saturated rings. The number of thioether (sulfide) groups is 1. The van der Waals surface area contributed by atoms with Crippen molar-refractivity contribution in [3.8, 4) is 0 Å². The van der Waals surface area contributed by atoms with Gasteiger partial charge in [0.05, 0.1) is 5.25 Å². The van der Waals surface area contributed by atoms with Crippen LogP contribution in [0, 0.1) is 13.8 Å². The number of imidazole rings is 1. The normalized spacial score (nSPS) is 11.8. The lowest BCUT2D eigenvalue weighted by molar-refractivity contribution is -0.119. The highest BCUT2D eigenvalue weighted by Gasteiger charge is 2.19. The van der Waals surface area contributed by atoms with E-state index in [1.807, 2.05) is 43.7 Å². The number of carbonyl (C=O) groups is 2. The number of nitrogens with zero attached hydrogens (tertiary/aromatic N) is 2. The van der Waals surface area contributed by atoms with Gasteiger partial charge in [0.15, 0.2) is 5.16 Å². The van der Waals surface area contributed by atoms with Crippen LogP contribution < -0.4 is 10.6 Å². The summed E-state index contributed by atoms with van der Waals surface area (Å²) in [6.45, 7) is 5.62. The van der Waals surface area contributed by atoms with Crippen molar-refractivity contribution in [2.45, 2.75) is 31.2 Å². The first kappa shape index (κ1) is 17.1. The van der Waals surface area contributed by atoms with Crippen molar-refractivity contribution >= 4 is 29.4 Å². The average molecular weight is 332 g/mol. The summed E-state index contributed by atoms with van der Waals surface area (Å²) in [6, 6.07) is 5.16. The van der Waals surface area contributed by atoms with Gasteiger partial charge in [-0.2, -0.15) is 0 Å². The molecule has 0 spiro atoms. The van der Waals surface area contributed by atoms with Crippen molar-refractivity contribution in [2.24, 2.45) is 7.05 Å². The predicted octanol–water partition coefficient (Wildman–Crippen LogP) is 2.87. The lowest BCUT2D eigenvalue weighted by atomic mass is 10.1. The number of urea groups is 1. The van der Waals surface area contributed by atoms with Crippen LogP contribution in [0.2, 0.25) is 0 Å². The van der Waals surface area contributed by atoms with Crippen LogP contribution in [0.5, 0.6) is 0 Å². The van der Waals surface area contributed by atoms with Gasteiger partial charge >= 0.3 is 6.03 Å². The Morgan fingerprint density at radius 1 is 1.30 bits per heavy atom. The molecular formula is C16H20N4O2S. The lowest BCUT2D eigenvalue weighted by Gasteiger charge is -2.13. The zero-order chi connectivity index (χ0) is 17.0. The summed E-state index contributed by atoms with van der Waals surface area (Å²) in [5.74, 6) is -0.361. The number of aromatic nitrogens is 2. The van der Waals surface area contributed by atoms with Gasteiger partial charge in [0, 0.05) is 25.1 Å². The highest BCUT2D eigenvalue weighted by Crippen LogP contribution is 2.21. The molecule has 2 rings (SSSR count). The molecule has 0 aliphatic carbocycles. The molecule has 1 aromatic carbocycles. The predicted molar refractivity (Wildman–Crippen MR) is 91.6 cm³/mol. The molecule has 23 heavy (non-hydrogen) atoms. The molecule has 7 heteroatoms. The molecule has 0 aliphatic rings. The molecule has 6 nitrogen and oxygen atoms in total. The number of aryl methyl sites for hydroxylation is 3. The molecule has 0 radical (unpaired) electrons. The van der Waals surface area contributed by atoms with Crippen LogP contribution in [0.1, 0.15) is 18.1 Å². The molecule has 122 valence electrons. The van der Waals surface area contributed by atoms with E-state index in [0.29, 0.717) is 5.69 Å². The summed E-state index contributed by atoms with van der Waals surface area (Å²) in [5, 5.41) is 5.34. The van der Waals surface area contributed by atoms with Crippen LogP contribution in [-0.2, 0) is 11.8 Å². The minimum absolute atomic E-state index is 0.361. The van der Waals surface area contributed by atoms with E-state index in [1.165, 1.54) is 11.8 Å². The Morgan fingerprint density at radius 3 is 2.65 bits per heavy atom. The van der Waals surface area contributed by atoms with E-state index >= 15 is 0 Å². The number of nitrogens with one attached hydrogen (secondary N) is 2. The molecule has 3 amide bonds. The van der Waals surface area contributed by atoms with E-state index in [1.54, 1.807) is 19.3 Å². The fourth-order valence-corrected chi connectivity index (χ4v) is 2.83. The summed E-state index contributed by atoms with van der Waals surface area (Å²) in [4.78, 5) is 28.2. The van der Waals surface area contributed by atoms with Crippen molar-refractivity contribution in [3.63, 3.8) is 0 Å². The zero-order valence-corrected chi connectivity index (χ0v) is 14.4. The molecular weight excluding hydrogens is 312 g/mol. The lowest BCUT2D eigenvalue weighted by Crippen LogP contribution is -2.39. The smallest absolute Gasteiger partial charge is 0.325 e.